The van der Waals surface area contributed by atoms with Crippen LogP contribution in [0, 0.1) is 0 Å². The monoisotopic (exact) mass is 693 g/mol. The molecule has 0 aliphatic carbocycles. The van der Waals surface area contributed by atoms with Crippen molar-refractivity contribution in [1.82, 2.24) is 4.57 Å². The Labute approximate surface area is 252 Å². The number of hydrogen-bond donors (Lipinski definition) is 0. The Morgan fingerprint density at radius 3 is 2.70 bits per heavy atom. The van der Waals surface area contributed by atoms with Gasteiger partial charge in [-0.25, -0.2) is 9.79 Å². The fraction of sp³-hybridized carbons (Fsp3) is 0.393. The maximum atomic E-state index is 14.0. The van der Waals surface area contributed by atoms with Gasteiger partial charge in [0.2, 0.25) is 5.88 Å². The van der Waals surface area contributed by atoms with Gasteiger partial charge in [-0.1, -0.05) is 40.6 Å². The molecule has 5 rings (SSSR count). The second kappa shape index (κ2) is 12.5. The molecular formula is C28H29Br2N3O6S. The van der Waals surface area contributed by atoms with Gasteiger partial charge in [0.1, 0.15) is 17.6 Å². The molecule has 1 saturated heterocycles. The number of carbonyl (C=O) groups is 1. The van der Waals surface area contributed by atoms with Crippen LogP contribution in [0.2, 0.25) is 0 Å². The van der Waals surface area contributed by atoms with Gasteiger partial charge in [-0.15, -0.1) is 0 Å². The van der Waals surface area contributed by atoms with E-state index in [1.165, 1.54) is 11.3 Å². The zero-order valence-corrected chi connectivity index (χ0v) is 26.4. The number of fused-ring (bicyclic) bond motifs is 1. The number of anilines is 1. The van der Waals surface area contributed by atoms with Crippen LogP contribution in [0.25, 0.3) is 6.08 Å². The Morgan fingerprint density at radius 1 is 1.23 bits per heavy atom. The molecular weight excluding hydrogens is 666 g/mol. The van der Waals surface area contributed by atoms with Gasteiger partial charge in [0.05, 0.1) is 47.2 Å². The number of benzene rings is 1. The normalized spacial score (nSPS) is 17.6. The van der Waals surface area contributed by atoms with Crippen LogP contribution in [-0.2, 0) is 14.3 Å². The highest BCUT2D eigenvalue weighted by Crippen LogP contribution is 2.38. The minimum absolute atomic E-state index is 0.202. The van der Waals surface area contributed by atoms with Gasteiger partial charge in [-0.2, -0.15) is 0 Å². The molecule has 40 heavy (non-hydrogen) atoms. The van der Waals surface area contributed by atoms with Gasteiger partial charge in [0.25, 0.3) is 5.56 Å². The molecule has 2 aliphatic rings. The van der Waals surface area contributed by atoms with E-state index in [9.17, 15) is 9.59 Å². The molecule has 1 atom stereocenters. The van der Waals surface area contributed by atoms with Crippen LogP contribution in [0.1, 0.15) is 44.1 Å². The smallest absolute Gasteiger partial charge is 0.338 e. The fourth-order valence-electron chi connectivity index (χ4n) is 4.89. The lowest BCUT2D eigenvalue weighted by molar-refractivity contribution is -0.139. The van der Waals surface area contributed by atoms with Gasteiger partial charge < -0.3 is 23.5 Å². The van der Waals surface area contributed by atoms with Crippen LogP contribution in [-0.4, -0.2) is 50.6 Å². The van der Waals surface area contributed by atoms with E-state index in [0.29, 0.717) is 63.2 Å². The van der Waals surface area contributed by atoms with E-state index in [0.717, 1.165) is 28.5 Å². The number of esters is 1. The summed E-state index contributed by atoms with van der Waals surface area (Å²) in [6, 6.07) is 6.61. The van der Waals surface area contributed by atoms with Gasteiger partial charge in [0.15, 0.2) is 4.80 Å². The van der Waals surface area contributed by atoms with Gasteiger partial charge in [-0.3, -0.25) is 9.36 Å². The number of morpholine rings is 1. The molecule has 0 saturated carbocycles. The summed E-state index contributed by atoms with van der Waals surface area (Å²) in [5.41, 5.74) is 1.32. The van der Waals surface area contributed by atoms with Crippen LogP contribution in [0.4, 0.5) is 5.88 Å². The Bertz CT molecular complexity index is 1630. The highest BCUT2D eigenvalue weighted by Gasteiger charge is 2.36. The highest BCUT2D eigenvalue weighted by molar-refractivity contribution is 9.10. The minimum atomic E-state index is -0.779. The van der Waals surface area contributed by atoms with Crippen molar-refractivity contribution >= 4 is 61.1 Å². The number of ether oxygens (including phenoxy) is 3. The molecule has 2 aromatic heterocycles. The number of aromatic nitrogens is 1. The van der Waals surface area contributed by atoms with Crippen LogP contribution in [0.15, 0.2) is 58.7 Å². The van der Waals surface area contributed by atoms with E-state index in [1.807, 2.05) is 31.2 Å². The largest absolute Gasteiger partial charge is 0.496 e. The first kappa shape index (κ1) is 28.8. The Hall–Kier alpha value is -2.67. The van der Waals surface area contributed by atoms with Crippen LogP contribution in [0.5, 0.6) is 5.75 Å². The lowest BCUT2D eigenvalue weighted by Gasteiger charge is -2.27. The summed E-state index contributed by atoms with van der Waals surface area (Å²) < 4.78 is 26.4. The quantitative estimate of drug-likeness (QED) is 0.320. The van der Waals surface area contributed by atoms with E-state index in [-0.39, 0.29) is 12.2 Å². The first-order valence-corrected chi connectivity index (χ1v) is 15.4. The first-order chi connectivity index (χ1) is 19.4. The third kappa shape index (κ3) is 5.59. The zero-order chi connectivity index (χ0) is 28.4. The topological polar surface area (TPSA) is 95.5 Å². The Kier molecular flexibility index (Phi) is 8.98. The van der Waals surface area contributed by atoms with Crippen molar-refractivity contribution < 1.29 is 23.4 Å². The number of methoxy groups -OCH3 is 1. The lowest BCUT2D eigenvalue weighted by atomic mass is 9.93. The number of hydrogen-bond acceptors (Lipinski definition) is 9. The molecule has 212 valence electrons. The van der Waals surface area contributed by atoms with Crippen molar-refractivity contribution in [3.05, 3.63) is 75.5 Å². The molecule has 4 heterocycles. The number of thiazole rings is 1. The third-order valence-electron chi connectivity index (χ3n) is 6.64. The summed E-state index contributed by atoms with van der Waals surface area (Å²) in [5.74, 6) is 1.29. The molecule has 0 spiro atoms. The molecule has 1 aromatic carbocycles. The van der Waals surface area contributed by atoms with E-state index < -0.39 is 12.0 Å². The molecule has 0 amide bonds. The van der Waals surface area contributed by atoms with Crippen molar-refractivity contribution in [1.29, 1.82) is 0 Å². The Balaban J connectivity index is 1.71. The second-order valence-corrected chi connectivity index (χ2v) is 12.0. The molecule has 2 aliphatic heterocycles. The molecule has 0 bridgehead atoms. The number of furan rings is 1. The Morgan fingerprint density at radius 2 is 2.00 bits per heavy atom. The van der Waals surface area contributed by atoms with Gasteiger partial charge >= 0.3 is 5.97 Å². The summed E-state index contributed by atoms with van der Waals surface area (Å²) in [6.07, 6.45) is 3.05. The van der Waals surface area contributed by atoms with Crippen molar-refractivity contribution in [2.75, 3.05) is 44.9 Å². The molecule has 9 nitrogen and oxygen atoms in total. The summed E-state index contributed by atoms with van der Waals surface area (Å²) in [7, 11) is 1.57. The van der Waals surface area contributed by atoms with Crippen molar-refractivity contribution in [3.8, 4) is 5.75 Å². The third-order valence-corrected chi connectivity index (χ3v) is 8.68. The average Bonchev–Trinajstić information content (AvgIpc) is 3.47. The number of carbonyl (C=O) groups excluding carboxylic acids is 1. The predicted molar refractivity (Wildman–Crippen MR) is 160 cm³/mol. The van der Waals surface area contributed by atoms with Crippen LogP contribution >= 0.6 is 43.2 Å². The van der Waals surface area contributed by atoms with Gasteiger partial charge in [0, 0.05) is 35.3 Å². The minimum Gasteiger partial charge on any atom is -0.496 e. The van der Waals surface area contributed by atoms with Crippen molar-refractivity contribution in [3.63, 3.8) is 0 Å². The first-order valence-electron chi connectivity index (χ1n) is 13.0. The molecule has 12 heteroatoms. The molecule has 0 N–H and O–H groups in total. The summed E-state index contributed by atoms with van der Waals surface area (Å²) in [5, 5.41) is 0. The number of nitrogens with zero attached hydrogens (tertiary/aromatic N) is 3. The SMILES string of the molecule is CCCC1=C(C(=O)OCC)[C@H](c2cc(Br)ccc2OC)n2c(s/c(=C/c3cc(Br)c(N4CCOCC4)o3)c2=O)=N1. The van der Waals surface area contributed by atoms with Crippen LogP contribution < -0.4 is 24.5 Å². The fourth-order valence-corrected chi connectivity index (χ4v) is 6.83. The van der Waals surface area contributed by atoms with Crippen LogP contribution in [0.3, 0.4) is 0 Å². The highest BCUT2D eigenvalue weighted by atomic mass is 79.9. The maximum Gasteiger partial charge on any atom is 0.338 e. The summed E-state index contributed by atoms with van der Waals surface area (Å²) in [6.45, 7) is 6.68. The van der Waals surface area contributed by atoms with E-state index >= 15 is 0 Å². The van der Waals surface area contributed by atoms with Gasteiger partial charge in [-0.05, 0) is 47.5 Å². The average molecular weight is 695 g/mol. The molecule has 3 aromatic rings. The second-order valence-electron chi connectivity index (χ2n) is 9.20. The van der Waals surface area contributed by atoms with E-state index in [1.54, 1.807) is 24.7 Å². The lowest BCUT2D eigenvalue weighted by Crippen LogP contribution is -2.40. The standard InChI is InChI=1S/C28H29Br2N3O6S/c1-4-6-20-23(27(35)38-5-2)24(18-13-16(29)7-8-21(18)36-3)33-25(34)22(40-28(33)31-20)15-17-14-19(30)26(39-17)32-9-11-37-12-10-32/h7-8,13-15,24H,4-6,9-12H2,1-3H3/b22-15+/t24-/m0/s1. The zero-order valence-electron chi connectivity index (χ0n) is 22.4. The number of halogens is 2. The van der Waals surface area contributed by atoms with Crippen molar-refractivity contribution in [2.45, 2.75) is 32.7 Å². The van der Waals surface area contributed by atoms with E-state index in [2.05, 4.69) is 36.8 Å². The summed E-state index contributed by atoms with van der Waals surface area (Å²) >= 11 is 8.40. The molecule has 0 radical (unpaired) electrons. The summed E-state index contributed by atoms with van der Waals surface area (Å²) in [4.78, 5) is 34.9. The maximum absolute atomic E-state index is 14.0. The number of rotatable bonds is 8. The predicted octanol–water partition coefficient (Wildman–Crippen LogP) is 4.54. The van der Waals surface area contributed by atoms with E-state index in [4.69, 9.17) is 23.6 Å². The molecule has 1 fully saturated rings. The number of allylic oxidation sites excluding steroid dienone is 1. The van der Waals surface area contributed by atoms with Crippen molar-refractivity contribution in [2.24, 2.45) is 4.99 Å². The molecule has 0 unspecified atom stereocenters.